The molecular weight excluding hydrogens is 230 g/mol. The van der Waals surface area contributed by atoms with Gasteiger partial charge in [-0.1, -0.05) is 25.1 Å². The minimum atomic E-state index is -0.450. The number of methoxy groups -OCH3 is 2. The number of nitrogens with one attached hydrogen (secondary N) is 1. The van der Waals surface area contributed by atoms with Crippen molar-refractivity contribution in [3.8, 4) is 5.75 Å². The summed E-state index contributed by atoms with van der Waals surface area (Å²) in [5.74, 6) is 0.671. The molecule has 2 unspecified atom stereocenters. The van der Waals surface area contributed by atoms with E-state index in [1.165, 1.54) is 7.11 Å². The number of ether oxygens (including phenoxy) is 2. The Kier molecular flexibility index (Phi) is 5.65. The largest absolute Gasteiger partial charge is 0.496 e. The molecule has 1 rings (SSSR count). The molecular formula is C14H21NO3. The maximum absolute atomic E-state index is 11.8. The first-order chi connectivity index (χ1) is 8.63. The van der Waals surface area contributed by atoms with E-state index in [1.54, 1.807) is 14.0 Å². The maximum atomic E-state index is 11.8. The van der Waals surface area contributed by atoms with Crippen LogP contribution in [0, 0.1) is 0 Å². The zero-order valence-corrected chi connectivity index (χ0v) is 11.4. The number of hydrogen-bond donors (Lipinski definition) is 1. The van der Waals surface area contributed by atoms with E-state index in [9.17, 15) is 4.79 Å². The number of carbonyl (C=O) groups is 1. The summed E-state index contributed by atoms with van der Waals surface area (Å²) in [6, 6.07) is 7.64. The lowest BCUT2D eigenvalue weighted by Crippen LogP contribution is -2.36. The van der Waals surface area contributed by atoms with E-state index >= 15 is 0 Å². The predicted molar refractivity (Wildman–Crippen MR) is 70.6 cm³/mol. The monoisotopic (exact) mass is 251 g/mol. The van der Waals surface area contributed by atoms with Crippen LogP contribution in [0.25, 0.3) is 0 Å². The Morgan fingerprint density at radius 3 is 2.56 bits per heavy atom. The predicted octanol–water partition coefficient (Wildman–Crippen LogP) is 2.30. The summed E-state index contributed by atoms with van der Waals surface area (Å²) in [7, 11) is 3.15. The summed E-state index contributed by atoms with van der Waals surface area (Å²) < 4.78 is 10.3. The molecule has 0 aromatic heterocycles. The van der Waals surface area contributed by atoms with Crippen LogP contribution < -0.4 is 10.1 Å². The van der Waals surface area contributed by atoms with E-state index in [2.05, 4.69) is 5.32 Å². The van der Waals surface area contributed by atoms with Gasteiger partial charge in [0.1, 0.15) is 11.9 Å². The number of rotatable bonds is 6. The number of benzene rings is 1. The lowest BCUT2D eigenvalue weighted by molar-refractivity contribution is -0.130. The van der Waals surface area contributed by atoms with Crippen LogP contribution in [0.1, 0.15) is 31.9 Å². The van der Waals surface area contributed by atoms with E-state index in [1.807, 2.05) is 31.2 Å². The zero-order valence-electron chi connectivity index (χ0n) is 11.4. The summed E-state index contributed by atoms with van der Waals surface area (Å²) in [5.41, 5.74) is 0.985. The molecule has 4 heteroatoms. The highest BCUT2D eigenvalue weighted by molar-refractivity contribution is 5.80. The van der Waals surface area contributed by atoms with Gasteiger partial charge < -0.3 is 14.8 Å². The van der Waals surface area contributed by atoms with E-state index < -0.39 is 6.10 Å². The van der Waals surface area contributed by atoms with Crippen molar-refractivity contribution in [1.29, 1.82) is 0 Å². The fourth-order valence-electron chi connectivity index (χ4n) is 1.75. The lowest BCUT2D eigenvalue weighted by Gasteiger charge is -2.21. The summed E-state index contributed by atoms with van der Waals surface area (Å²) >= 11 is 0. The van der Waals surface area contributed by atoms with Crippen molar-refractivity contribution in [2.75, 3.05) is 14.2 Å². The minimum Gasteiger partial charge on any atom is -0.496 e. The van der Waals surface area contributed by atoms with E-state index in [0.29, 0.717) is 0 Å². The first-order valence-corrected chi connectivity index (χ1v) is 6.10. The summed E-state index contributed by atoms with van der Waals surface area (Å²) in [5, 5.41) is 2.96. The molecule has 0 bridgehead atoms. The molecule has 0 heterocycles. The topological polar surface area (TPSA) is 47.6 Å². The molecule has 0 saturated carbocycles. The van der Waals surface area contributed by atoms with Gasteiger partial charge in [0.2, 0.25) is 5.91 Å². The highest BCUT2D eigenvalue weighted by Gasteiger charge is 2.19. The van der Waals surface area contributed by atoms with Crippen molar-refractivity contribution >= 4 is 5.91 Å². The average Bonchev–Trinajstić information content (AvgIpc) is 2.43. The maximum Gasteiger partial charge on any atom is 0.249 e. The Morgan fingerprint density at radius 2 is 2.00 bits per heavy atom. The quantitative estimate of drug-likeness (QED) is 0.844. The van der Waals surface area contributed by atoms with Crippen LogP contribution in [-0.2, 0) is 9.53 Å². The molecule has 1 aromatic carbocycles. The highest BCUT2D eigenvalue weighted by Crippen LogP contribution is 2.26. The molecule has 2 atom stereocenters. The molecule has 0 aliphatic carbocycles. The van der Waals surface area contributed by atoms with Crippen LogP contribution in [0.2, 0.25) is 0 Å². The van der Waals surface area contributed by atoms with Gasteiger partial charge in [0.15, 0.2) is 0 Å². The number of amides is 1. The second-order valence-corrected chi connectivity index (χ2v) is 4.09. The van der Waals surface area contributed by atoms with Gasteiger partial charge in [0, 0.05) is 12.7 Å². The molecule has 0 spiro atoms. The van der Waals surface area contributed by atoms with Gasteiger partial charge in [-0.3, -0.25) is 4.79 Å². The van der Waals surface area contributed by atoms with Crippen LogP contribution in [0.15, 0.2) is 24.3 Å². The van der Waals surface area contributed by atoms with Gasteiger partial charge in [-0.15, -0.1) is 0 Å². The third-order valence-electron chi connectivity index (χ3n) is 2.96. The van der Waals surface area contributed by atoms with Crippen molar-refractivity contribution in [2.45, 2.75) is 32.4 Å². The van der Waals surface area contributed by atoms with Gasteiger partial charge in [0.25, 0.3) is 0 Å². The fraction of sp³-hybridized carbons (Fsp3) is 0.500. The summed E-state index contributed by atoms with van der Waals surface area (Å²) in [4.78, 5) is 11.8. The Labute approximate surface area is 108 Å². The zero-order chi connectivity index (χ0) is 13.5. The van der Waals surface area contributed by atoms with Crippen molar-refractivity contribution in [3.05, 3.63) is 29.8 Å². The first kappa shape index (κ1) is 14.5. The molecule has 0 aliphatic rings. The van der Waals surface area contributed by atoms with Crippen LogP contribution in [0.5, 0.6) is 5.75 Å². The van der Waals surface area contributed by atoms with Gasteiger partial charge in [-0.2, -0.15) is 0 Å². The molecule has 4 nitrogen and oxygen atoms in total. The molecule has 1 N–H and O–H groups in total. The Hall–Kier alpha value is -1.55. The molecule has 0 saturated heterocycles. The summed E-state index contributed by atoms with van der Waals surface area (Å²) in [6.45, 7) is 3.75. The molecule has 18 heavy (non-hydrogen) atoms. The summed E-state index contributed by atoms with van der Waals surface area (Å²) in [6.07, 6.45) is 0.344. The molecule has 0 fully saturated rings. The van der Waals surface area contributed by atoms with Gasteiger partial charge in [0.05, 0.1) is 13.2 Å². The molecule has 0 aliphatic heterocycles. The molecule has 100 valence electrons. The standard InChI is InChI=1S/C14H21NO3/c1-5-12(15-14(16)10(2)17-3)11-8-6-7-9-13(11)18-4/h6-10,12H,5H2,1-4H3,(H,15,16). The van der Waals surface area contributed by atoms with Crippen LogP contribution in [0.3, 0.4) is 0 Å². The first-order valence-electron chi connectivity index (χ1n) is 6.10. The average molecular weight is 251 g/mol. The Morgan fingerprint density at radius 1 is 1.33 bits per heavy atom. The molecule has 1 amide bonds. The third-order valence-corrected chi connectivity index (χ3v) is 2.96. The van der Waals surface area contributed by atoms with Crippen LogP contribution >= 0.6 is 0 Å². The van der Waals surface area contributed by atoms with Gasteiger partial charge in [-0.05, 0) is 19.4 Å². The van der Waals surface area contributed by atoms with Crippen molar-refractivity contribution in [3.63, 3.8) is 0 Å². The number of hydrogen-bond acceptors (Lipinski definition) is 3. The smallest absolute Gasteiger partial charge is 0.249 e. The Bertz CT molecular complexity index is 392. The number of carbonyl (C=O) groups excluding carboxylic acids is 1. The van der Waals surface area contributed by atoms with E-state index in [-0.39, 0.29) is 11.9 Å². The van der Waals surface area contributed by atoms with E-state index in [4.69, 9.17) is 9.47 Å². The normalized spacial score (nSPS) is 13.8. The van der Waals surface area contributed by atoms with Crippen molar-refractivity contribution in [2.24, 2.45) is 0 Å². The van der Waals surface area contributed by atoms with Crippen molar-refractivity contribution in [1.82, 2.24) is 5.32 Å². The minimum absolute atomic E-state index is 0.0637. The second kappa shape index (κ2) is 7.01. The van der Waals surface area contributed by atoms with Gasteiger partial charge in [-0.25, -0.2) is 0 Å². The lowest BCUT2D eigenvalue weighted by atomic mass is 10.0. The fourth-order valence-corrected chi connectivity index (χ4v) is 1.75. The van der Waals surface area contributed by atoms with Gasteiger partial charge >= 0.3 is 0 Å². The third kappa shape index (κ3) is 3.47. The Balaban J connectivity index is 2.86. The SMILES string of the molecule is CCC(NC(=O)C(C)OC)c1ccccc1OC. The molecule has 0 radical (unpaired) electrons. The van der Waals surface area contributed by atoms with E-state index in [0.717, 1.165) is 17.7 Å². The molecule has 1 aromatic rings. The van der Waals surface area contributed by atoms with Crippen LogP contribution in [-0.4, -0.2) is 26.2 Å². The van der Waals surface area contributed by atoms with Crippen LogP contribution in [0.4, 0.5) is 0 Å². The number of para-hydroxylation sites is 1. The highest BCUT2D eigenvalue weighted by atomic mass is 16.5. The second-order valence-electron chi connectivity index (χ2n) is 4.09. The van der Waals surface area contributed by atoms with Crippen molar-refractivity contribution < 1.29 is 14.3 Å².